The monoisotopic (exact) mass is 423 g/mol. The van der Waals surface area contributed by atoms with Crippen molar-refractivity contribution in [3.05, 3.63) is 64.4 Å². The molecule has 30 heavy (non-hydrogen) atoms. The van der Waals surface area contributed by atoms with Crippen LogP contribution in [0.2, 0.25) is 0 Å². The Balaban J connectivity index is 1.78. The molecule has 0 aliphatic carbocycles. The molecule has 0 saturated heterocycles. The van der Waals surface area contributed by atoms with E-state index in [1.54, 1.807) is 41.8 Å². The molecule has 0 radical (unpaired) electrons. The third-order valence-corrected chi connectivity index (χ3v) is 5.68. The first kappa shape index (κ1) is 21.8. The molecule has 0 fully saturated rings. The van der Waals surface area contributed by atoms with Gasteiger partial charge in [0, 0.05) is 24.2 Å². The van der Waals surface area contributed by atoms with Gasteiger partial charge in [0.15, 0.2) is 10.9 Å². The summed E-state index contributed by atoms with van der Waals surface area (Å²) < 4.78 is 1.67. The maximum Gasteiger partial charge on any atom is 0.262 e. The predicted molar refractivity (Wildman–Crippen MR) is 121 cm³/mol. The lowest BCUT2D eigenvalue weighted by molar-refractivity contribution is -0.115. The number of nitrogens with one attached hydrogen (secondary N) is 1. The third kappa shape index (κ3) is 5.16. The zero-order valence-electron chi connectivity index (χ0n) is 17.2. The number of fused-ring (bicyclic) bond motifs is 1. The van der Waals surface area contributed by atoms with Crippen LogP contribution in [0.1, 0.15) is 43.5 Å². The summed E-state index contributed by atoms with van der Waals surface area (Å²) in [6, 6.07) is 14.1. The van der Waals surface area contributed by atoms with Crippen LogP contribution in [0.4, 0.5) is 5.69 Å². The lowest BCUT2D eigenvalue weighted by atomic mass is 10.1. The number of aromatic nitrogens is 2. The Kier molecular flexibility index (Phi) is 7.41. The summed E-state index contributed by atoms with van der Waals surface area (Å²) in [7, 11) is 0. The lowest BCUT2D eigenvalue weighted by Gasteiger charge is -2.12. The summed E-state index contributed by atoms with van der Waals surface area (Å²) in [5.74, 6) is 0.0484. The fraction of sp³-hybridized carbons (Fsp3) is 0.304. The van der Waals surface area contributed by atoms with Gasteiger partial charge < -0.3 is 5.32 Å². The number of carbonyl (C=O) groups excluding carboxylic acids is 2. The van der Waals surface area contributed by atoms with Crippen LogP contribution in [0.5, 0.6) is 0 Å². The highest BCUT2D eigenvalue weighted by atomic mass is 32.2. The molecule has 6 nitrogen and oxygen atoms in total. The topological polar surface area (TPSA) is 81.1 Å². The molecule has 3 rings (SSSR count). The van der Waals surface area contributed by atoms with Gasteiger partial charge in [0.1, 0.15) is 0 Å². The number of para-hydroxylation sites is 1. The average Bonchev–Trinajstić information content (AvgIpc) is 2.77. The van der Waals surface area contributed by atoms with Gasteiger partial charge in [-0.15, -0.1) is 0 Å². The first-order valence-corrected chi connectivity index (χ1v) is 11.1. The minimum absolute atomic E-state index is 0.0576. The molecule has 2 aromatic carbocycles. The molecule has 1 aromatic heterocycles. The van der Waals surface area contributed by atoms with Crippen molar-refractivity contribution in [2.75, 3.05) is 11.1 Å². The number of hydrogen-bond acceptors (Lipinski definition) is 5. The van der Waals surface area contributed by atoms with Crippen molar-refractivity contribution in [3.8, 4) is 0 Å². The van der Waals surface area contributed by atoms with Gasteiger partial charge in [-0.25, -0.2) is 4.98 Å². The smallest absolute Gasteiger partial charge is 0.262 e. The fourth-order valence-corrected chi connectivity index (χ4v) is 3.89. The van der Waals surface area contributed by atoms with Crippen LogP contribution >= 0.6 is 11.8 Å². The number of carbonyl (C=O) groups is 2. The van der Waals surface area contributed by atoms with Crippen molar-refractivity contribution in [2.24, 2.45) is 0 Å². The van der Waals surface area contributed by atoms with Crippen LogP contribution in [0.15, 0.2) is 58.5 Å². The normalized spacial score (nSPS) is 10.9. The summed E-state index contributed by atoms with van der Waals surface area (Å²) in [4.78, 5) is 41.7. The molecule has 0 unspecified atom stereocenters. The van der Waals surface area contributed by atoms with E-state index in [1.807, 2.05) is 18.2 Å². The molecule has 0 saturated carbocycles. The number of thioether (sulfide) groups is 1. The molecule has 156 valence electrons. The Hall–Kier alpha value is -2.93. The molecule has 3 aromatic rings. The van der Waals surface area contributed by atoms with Gasteiger partial charge in [-0.05, 0) is 42.8 Å². The van der Waals surface area contributed by atoms with Crippen molar-refractivity contribution in [1.82, 2.24) is 9.55 Å². The van der Waals surface area contributed by atoms with Crippen molar-refractivity contribution in [1.29, 1.82) is 0 Å². The van der Waals surface area contributed by atoms with E-state index in [9.17, 15) is 14.4 Å². The van der Waals surface area contributed by atoms with E-state index >= 15 is 0 Å². The van der Waals surface area contributed by atoms with Crippen molar-refractivity contribution < 1.29 is 9.59 Å². The Morgan fingerprint density at radius 1 is 1.07 bits per heavy atom. The van der Waals surface area contributed by atoms with E-state index < -0.39 is 0 Å². The number of unbranched alkanes of at least 4 members (excludes halogenated alkanes) is 1. The maximum absolute atomic E-state index is 12.9. The first-order valence-electron chi connectivity index (χ1n) is 10.1. The second-order valence-corrected chi connectivity index (χ2v) is 7.86. The summed E-state index contributed by atoms with van der Waals surface area (Å²) >= 11 is 1.28. The van der Waals surface area contributed by atoms with Crippen LogP contribution < -0.4 is 10.9 Å². The summed E-state index contributed by atoms with van der Waals surface area (Å²) in [5.41, 5.74) is 1.79. The quantitative estimate of drug-likeness (QED) is 0.311. The van der Waals surface area contributed by atoms with Gasteiger partial charge in [-0.3, -0.25) is 19.0 Å². The van der Waals surface area contributed by atoms with E-state index in [2.05, 4.69) is 17.2 Å². The molecule has 0 aliphatic rings. The number of Topliss-reactive ketones (excluding diaryl/α,β-unsaturated/α-hetero) is 1. The Bertz CT molecular complexity index is 1110. The van der Waals surface area contributed by atoms with E-state index in [0.29, 0.717) is 40.3 Å². The SMILES string of the molecule is CCCCn1c(SCC(=O)c2ccc(NC(=O)CC)cc2)nc2ccccc2c1=O. The molecule has 0 spiro atoms. The molecular weight excluding hydrogens is 398 g/mol. The minimum atomic E-state index is -0.0722. The van der Waals surface area contributed by atoms with E-state index in [0.717, 1.165) is 12.8 Å². The largest absolute Gasteiger partial charge is 0.326 e. The first-order chi connectivity index (χ1) is 14.5. The molecule has 1 heterocycles. The van der Waals surface area contributed by atoms with Gasteiger partial charge in [-0.2, -0.15) is 0 Å². The zero-order valence-corrected chi connectivity index (χ0v) is 18.0. The Labute approximate surface area is 179 Å². The fourth-order valence-electron chi connectivity index (χ4n) is 2.97. The summed E-state index contributed by atoms with van der Waals surface area (Å²) in [6.45, 7) is 4.43. The average molecular weight is 424 g/mol. The predicted octanol–water partition coefficient (Wildman–Crippen LogP) is 4.52. The van der Waals surface area contributed by atoms with Crippen LogP contribution in [0, 0.1) is 0 Å². The number of ketones is 1. The van der Waals surface area contributed by atoms with Gasteiger partial charge in [0.2, 0.25) is 5.91 Å². The highest BCUT2D eigenvalue weighted by Gasteiger charge is 2.14. The molecule has 0 atom stereocenters. The number of anilines is 1. The van der Waals surface area contributed by atoms with Crippen LogP contribution in [0.25, 0.3) is 10.9 Å². The number of benzene rings is 2. The van der Waals surface area contributed by atoms with Gasteiger partial charge in [0.05, 0.1) is 16.7 Å². The molecule has 0 bridgehead atoms. The van der Waals surface area contributed by atoms with Crippen molar-refractivity contribution >= 4 is 40.0 Å². The van der Waals surface area contributed by atoms with Crippen molar-refractivity contribution in [2.45, 2.75) is 44.8 Å². The van der Waals surface area contributed by atoms with Crippen molar-refractivity contribution in [3.63, 3.8) is 0 Å². The number of hydrogen-bond donors (Lipinski definition) is 1. The van der Waals surface area contributed by atoms with Crippen LogP contribution in [0.3, 0.4) is 0 Å². The van der Waals surface area contributed by atoms with Crippen LogP contribution in [-0.4, -0.2) is 27.0 Å². The molecular formula is C23H25N3O3S. The minimum Gasteiger partial charge on any atom is -0.326 e. The number of nitrogens with zero attached hydrogens (tertiary/aromatic N) is 2. The highest BCUT2D eigenvalue weighted by Crippen LogP contribution is 2.20. The number of amides is 1. The Morgan fingerprint density at radius 2 is 1.80 bits per heavy atom. The van der Waals surface area contributed by atoms with E-state index in [-0.39, 0.29) is 23.0 Å². The summed E-state index contributed by atoms with van der Waals surface area (Å²) in [5, 5.41) is 3.92. The van der Waals surface area contributed by atoms with Gasteiger partial charge >= 0.3 is 0 Å². The lowest BCUT2D eigenvalue weighted by Crippen LogP contribution is -2.24. The zero-order chi connectivity index (χ0) is 21.5. The highest BCUT2D eigenvalue weighted by molar-refractivity contribution is 7.99. The third-order valence-electron chi connectivity index (χ3n) is 4.71. The van der Waals surface area contributed by atoms with Gasteiger partial charge in [-0.1, -0.05) is 44.2 Å². The number of rotatable bonds is 9. The summed E-state index contributed by atoms with van der Waals surface area (Å²) in [6.07, 6.45) is 2.23. The second kappa shape index (κ2) is 10.2. The second-order valence-electron chi connectivity index (χ2n) is 6.91. The van der Waals surface area contributed by atoms with Crippen LogP contribution in [-0.2, 0) is 11.3 Å². The Morgan fingerprint density at radius 3 is 2.50 bits per heavy atom. The standard InChI is InChI=1S/C23H25N3O3S/c1-3-5-14-26-22(29)18-8-6-7-9-19(18)25-23(26)30-15-20(27)16-10-12-17(13-11-16)24-21(28)4-2/h6-13H,3-5,14-15H2,1-2H3,(H,24,28). The molecule has 1 amide bonds. The van der Waals surface area contributed by atoms with E-state index in [4.69, 9.17) is 0 Å². The molecule has 7 heteroatoms. The molecule has 1 N–H and O–H groups in total. The van der Waals surface area contributed by atoms with Gasteiger partial charge in [0.25, 0.3) is 5.56 Å². The molecule has 0 aliphatic heterocycles. The maximum atomic E-state index is 12.9. The van der Waals surface area contributed by atoms with E-state index in [1.165, 1.54) is 11.8 Å².